The molecule has 3 rings (SSSR count). The molecule has 0 aliphatic carbocycles. The first-order valence-electron chi connectivity index (χ1n) is 6.69. The number of rotatable bonds is 3. The van der Waals surface area contributed by atoms with Crippen LogP contribution in [-0.2, 0) is 6.42 Å². The summed E-state index contributed by atoms with van der Waals surface area (Å²) >= 11 is 1.77. The maximum absolute atomic E-state index is 11.1. The van der Waals surface area contributed by atoms with E-state index in [-0.39, 0.29) is 11.7 Å². The van der Waals surface area contributed by atoms with Gasteiger partial charge in [-0.3, -0.25) is 16.0 Å². The second kappa shape index (κ2) is 5.34. The molecule has 0 amide bonds. The lowest BCUT2D eigenvalue weighted by molar-refractivity contribution is -0.384. The van der Waals surface area contributed by atoms with Gasteiger partial charge in [0.1, 0.15) is 0 Å². The lowest BCUT2D eigenvalue weighted by Crippen LogP contribution is -2.33. The van der Waals surface area contributed by atoms with Gasteiger partial charge < -0.3 is 10.3 Å². The second-order valence-electron chi connectivity index (χ2n) is 5.06. The van der Waals surface area contributed by atoms with E-state index in [1.165, 1.54) is 16.5 Å². The average Bonchev–Trinajstić information content (AvgIpc) is 2.96. The van der Waals surface area contributed by atoms with E-state index in [0.717, 1.165) is 18.7 Å². The van der Waals surface area contributed by atoms with Crippen molar-refractivity contribution in [1.82, 2.24) is 0 Å². The molecule has 0 saturated carbocycles. The maximum Gasteiger partial charge on any atom is 0.273 e. The van der Waals surface area contributed by atoms with Gasteiger partial charge in [-0.2, -0.15) is 0 Å². The van der Waals surface area contributed by atoms with Gasteiger partial charge in [0, 0.05) is 29.2 Å². The largest absolute Gasteiger partial charge is 0.364 e. The third kappa shape index (κ3) is 2.45. The number of nitrogens with two attached hydrogens (primary N) is 1. The summed E-state index contributed by atoms with van der Waals surface area (Å²) in [7, 11) is 0. The minimum atomic E-state index is -0.394. The van der Waals surface area contributed by atoms with Gasteiger partial charge >= 0.3 is 0 Å². The number of nitro groups is 1. The van der Waals surface area contributed by atoms with Crippen LogP contribution in [0.3, 0.4) is 0 Å². The predicted octanol–water partition coefficient (Wildman–Crippen LogP) is 3.07. The quantitative estimate of drug-likeness (QED) is 0.517. The monoisotopic (exact) mass is 304 g/mol. The predicted molar refractivity (Wildman–Crippen MR) is 84.7 cm³/mol. The van der Waals surface area contributed by atoms with E-state index in [9.17, 15) is 10.1 Å². The third-order valence-corrected chi connectivity index (χ3v) is 4.89. The molecule has 1 atom stereocenters. The Morgan fingerprint density at radius 2 is 2.29 bits per heavy atom. The summed E-state index contributed by atoms with van der Waals surface area (Å²) in [5, 5.41) is 13.2. The summed E-state index contributed by atoms with van der Waals surface area (Å²) in [6, 6.07) is 7.23. The Kier molecular flexibility index (Phi) is 3.52. The molecule has 0 radical (unpaired) electrons. The minimum Gasteiger partial charge on any atom is -0.364 e. The first kappa shape index (κ1) is 13.8. The number of hydrazine groups is 1. The number of nitro benzene ring substituents is 1. The van der Waals surface area contributed by atoms with Gasteiger partial charge in [0.25, 0.3) is 5.69 Å². The average molecular weight is 304 g/mol. The number of nitrogen functional groups attached to an aromatic ring is 1. The lowest BCUT2D eigenvalue weighted by Gasteiger charge is -2.35. The Balaban J connectivity index is 2.01. The second-order valence-corrected chi connectivity index (χ2v) is 6.06. The molecule has 0 saturated heterocycles. The summed E-state index contributed by atoms with van der Waals surface area (Å²) in [4.78, 5) is 14.3. The molecular weight excluding hydrogens is 288 g/mol. The van der Waals surface area contributed by atoms with Gasteiger partial charge in [-0.1, -0.05) is 0 Å². The van der Waals surface area contributed by atoms with Crippen molar-refractivity contribution in [2.75, 3.05) is 16.9 Å². The number of thiophene rings is 1. The van der Waals surface area contributed by atoms with E-state index in [0.29, 0.717) is 5.69 Å². The van der Waals surface area contributed by atoms with Gasteiger partial charge in [-0.25, -0.2) is 0 Å². The molecule has 21 heavy (non-hydrogen) atoms. The molecule has 0 bridgehead atoms. The van der Waals surface area contributed by atoms with Gasteiger partial charge in [0.2, 0.25) is 0 Å². The first-order valence-corrected chi connectivity index (χ1v) is 7.57. The molecule has 1 aromatic carbocycles. The maximum atomic E-state index is 11.1. The summed E-state index contributed by atoms with van der Waals surface area (Å²) in [5.41, 5.74) is 5.22. The van der Waals surface area contributed by atoms with Crippen molar-refractivity contribution in [3.8, 4) is 0 Å². The van der Waals surface area contributed by atoms with Crippen LogP contribution in [0.2, 0.25) is 0 Å². The van der Waals surface area contributed by atoms with Gasteiger partial charge in [0.05, 0.1) is 16.7 Å². The van der Waals surface area contributed by atoms with Crippen LogP contribution in [0.1, 0.15) is 23.4 Å². The molecule has 3 N–H and O–H groups in total. The van der Waals surface area contributed by atoms with Crippen LogP contribution < -0.4 is 16.2 Å². The Morgan fingerprint density at radius 1 is 1.48 bits per heavy atom. The van der Waals surface area contributed by atoms with Crippen molar-refractivity contribution in [3.05, 3.63) is 50.2 Å². The number of nitrogens with zero attached hydrogens (tertiary/aromatic N) is 2. The van der Waals surface area contributed by atoms with E-state index in [2.05, 4.69) is 28.7 Å². The first-order chi connectivity index (χ1) is 10.1. The van der Waals surface area contributed by atoms with E-state index in [1.807, 2.05) is 6.07 Å². The Hall–Kier alpha value is -2.12. The number of fused-ring (bicyclic) bond motifs is 1. The molecule has 6 nitrogen and oxygen atoms in total. The molecule has 1 unspecified atom stereocenters. The molecule has 7 heteroatoms. The van der Waals surface area contributed by atoms with Crippen molar-refractivity contribution < 1.29 is 4.92 Å². The van der Waals surface area contributed by atoms with Gasteiger partial charge in [-0.15, -0.1) is 11.3 Å². The zero-order chi connectivity index (χ0) is 15.0. The standard InChI is InChI=1S/C14H16N4O2S/c1-9-13-3-5-21-14(13)2-4-17(9)11-6-10(16-15)7-12(8-11)18(19)20/h3,5-9,16H,2,4,15H2,1H3. The molecule has 0 spiro atoms. The number of hydrogen-bond acceptors (Lipinski definition) is 6. The third-order valence-electron chi connectivity index (χ3n) is 3.89. The van der Waals surface area contributed by atoms with Crippen molar-refractivity contribution in [2.24, 2.45) is 5.84 Å². The molecule has 2 aromatic rings. The highest BCUT2D eigenvalue weighted by molar-refractivity contribution is 7.10. The summed E-state index contributed by atoms with van der Waals surface area (Å²) < 4.78 is 0. The number of hydrogen-bond donors (Lipinski definition) is 2. The van der Waals surface area contributed by atoms with E-state index < -0.39 is 4.92 Å². The minimum absolute atomic E-state index is 0.0452. The summed E-state index contributed by atoms with van der Waals surface area (Å²) in [5.74, 6) is 5.42. The van der Waals surface area contributed by atoms with E-state index in [1.54, 1.807) is 17.4 Å². The molecule has 2 heterocycles. The molecule has 0 fully saturated rings. The smallest absolute Gasteiger partial charge is 0.273 e. The SMILES string of the molecule is CC1c2ccsc2CCN1c1cc(NN)cc([N+](=O)[O-])c1. The van der Waals surface area contributed by atoms with Crippen LogP contribution in [0.5, 0.6) is 0 Å². The van der Waals surface area contributed by atoms with Gasteiger partial charge in [-0.05, 0) is 36.4 Å². The Bertz CT molecular complexity index is 685. The molecule has 110 valence electrons. The van der Waals surface area contributed by atoms with Crippen molar-refractivity contribution in [1.29, 1.82) is 0 Å². The zero-order valence-electron chi connectivity index (χ0n) is 11.6. The van der Waals surface area contributed by atoms with Crippen molar-refractivity contribution in [3.63, 3.8) is 0 Å². The summed E-state index contributed by atoms with van der Waals surface area (Å²) in [6.07, 6.45) is 0.964. The van der Waals surface area contributed by atoms with Crippen LogP contribution in [-0.4, -0.2) is 11.5 Å². The fourth-order valence-electron chi connectivity index (χ4n) is 2.81. The lowest BCUT2D eigenvalue weighted by atomic mass is 10.0. The van der Waals surface area contributed by atoms with Crippen LogP contribution in [0.25, 0.3) is 0 Å². The highest BCUT2D eigenvalue weighted by atomic mass is 32.1. The topological polar surface area (TPSA) is 84.4 Å². The van der Waals surface area contributed by atoms with Crippen molar-refractivity contribution >= 4 is 28.4 Å². The highest BCUT2D eigenvalue weighted by Crippen LogP contribution is 2.38. The number of non-ortho nitro benzene ring substituents is 1. The van der Waals surface area contributed by atoms with Crippen molar-refractivity contribution in [2.45, 2.75) is 19.4 Å². The number of anilines is 2. The van der Waals surface area contributed by atoms with Crippen LogP contribution in [0.4, 0.5) is 17.1 Å². The van der Waals surface area contributed by atoms with Crippen LogP contribution in [0, 0.1) is 10.1 Å². The Morgan fingerprint density at radius 3 is 3.00 bits per heavy atom. The highest BCUT2D eigenvalue weighted by Gasteiger charge is 2.26. The van der Waals surface area contributed by atoms with Crippen LogP contribution >= 0.6 is 11.3 Å². The van der Waals surface area contributed by atoms with Crippen LogP contribution in [0.15, 0.2) is 29.6 Å². The van der Waals surface area contributed by atoms with E-state index >= 15 is 0 Å². The van der Waals surface area contributed by atoms with Gasteiger partial charge in [0.15, 0.2) is 0 Å². The summed E-state index contributed by atoms with van der Waals surface area (Å²) in [6.45, 7) is 2.97. The molecular formula is C14H16N4O2S. The molecule has 1 aromatic heterocycles. The fraction of sp³-hybridized carbons (Fsp3) is 0.286. The molecule has 1 aliphatic rings. The zero-order valence-corrected chi connectivity index (χ0v) is 12.4. The van der Waals surface area contributed by atoms with E-state index in [4.69, 9.17) is 5.84 Å². The Labute approximate surface area is 126 Å². The fourth-order valence-corrected chi connectivity index (χ4v) is 3.77. The number of benzene rings is 1. The molecule has 1 aliphatic heterocycles. The normalized spacial score (nSPS) is 17.4. The number of nitrogens with one attached hydrogen (secondary N) is 1.